The third-order valence-electron chi connectivity index (χ3n) is 5.52. The number of anilines is 1. The number of rotatable bonds is 8. The minimum atomic E-state index is -0.880. The molecular formula is C22H26N6O2. The van der Waals surface area contributed by atoms with Crippen molar-refractivity contribution in [2.24, 2.45) is 0 Å². The second kappa shape index (κ2) is 9.02. The molecule has 0 bridgehead atoms. The lowest BCUT2D eigenvalue weighted by atomic mass is 9.97. The van der Waals surface area contributed by atoms with Gasteiger partial charge in [0.1, 0.15) is 11.6 Å². The molecule has 0 unspecified atom stereocenters. The Bertz CT molecular complexity index is 1000. The molecule has 2 atom stereocenters. The van der Waals surface area contributed by atoms with Crippen LogP contribution in [0.1, 0.15) is 54.4 Å². The fourth-order valence-electron chi connectivity index (χ4n) is 3.90. The first-order valence-electron chi connectivity index (χ1n) is 10.3. The van der Waals surface area contributed by atoms with Crippen LogP contribution in [0, 0.1) is 6.92 Å². The van der Waals surface area contributed by atoms with Gasteiger partial charge in [-0.2, -0.15) is 5.10 Å². The van der Waals surface area contributed by atoms with Crippen LogP contribution in [-0.2, 0) is 17.6 Å². The Morgan fingerprint density at radius 3 is 2.93 bits per heavy atom. The maximum absolute atomic E-state index is 11.4. The van der Waals surface area contributed by atoms with E-state index in [1.165, 1.54) is 5.56 Å². The van der Waals surface area contributed by atoms with Crippen LogP contribution in [0.15, 0.2) is 43.0 Å². The summed E-state index contributed by atoms with van der Waals surface area (Å²) in [6.07, 6.45) is 12.1. The van der Waals surface area contributed by atoms with Crippen molar-refractivity contribution in [2.75, 3.05) is 5.32 Å². The summed E-state index contributed by atoms with van der Waals surface area (Å²) in [5.41, 5.74) is 3.00. The lowest BCUT2D eigenvalue weighted by Crippen LogP contribution is -2.26. The number of pyridine rings is 1. The molecule has 0 spiro atoms. The zero-order chi connectivity index (χ0) is 20.9. The first kappa shape index (κ1) is 20.0. The average Bonchev–Trinajstić information content (AvgIpc) is 3.21. The first-order valence-corrected chi connectivity index (χ1v) is 10.3. The normalized spacial score (nSPS) is 16.5. The van der Waals surface area contributed by atoms with Gasteiger partial charge in [-0.05, 0) is 56.7 Å². The largest absolute Gasteiger partial charge is 0.481 e. The number of hydrogen-bond donors (Lipinski definition) is 2. The molecule has 4 heterocycles. The molecule has 30 heavy (non-hydrogen) atoms. The van der Waals surface area contributed by atoms with Crippen molar-refractivity contribution in [3.63, 3.8) is 0 Å². The van der Waals surface area contributed by atoms with Crippen molar-refractivity contribution >= 4 is 11.8 Å². The van der Waals surface area contributed by atoms with Crippen molar-refractivity contribution < 1.29 is 9.90 Å². The van der Waals surface area contributed by atoms with Gasteiger partial charge in [-0.1, -0.05) is 6.07 Å². The molecule has 1 aliphatic heterocycles. The molecule has 8 nitrogen and oxygen atoms in total. The SMILES string of the molecule is Cc1ncc([C@H](CC(=O)O)n2ccc(CCC[C@H]3CCc4cccnc4N3)n2)cn1. The highest BCUT2D eigenvalue weighted by Gasteiger charge is 2.20. The highest BCUT2D eigenvalue weighted by Crippen LogP contribution is 2.25. The summed E-state index contributed by atoms with van der Waals surface area (Å²) in [6, 6.07) is 6.09. The van der Waals surface area contributed by atoms with Crippen molar-refractivity contribution in [3.05, 3.63) is 65.6 Å². The van der Waals surface area contributed by atoms with Crippen LogP contribution in [0.4, 0.5) is 5.82 Å². The molecule has 0 radical (unpaired) electrons. The predicted molar refractivity (Wildman–Crippen MR) is 112 cm³/mol. The number of nitrogens with zero attached hydrogens (tertiary/aromatic N) is 5. The monoisotopic (exact) mass is 406 g/mol. The first-order chi connectivity index (χ1) is 14.6. The van der Waals surface area contributed by atoms with Crippen molar-refractivity contribution in [2.45, 2.75) is 57.5 Å². The molecule has 1 aliphatic rings. The molecule has 0 amide bonds. The zero-order valence-corrected chi connectivity index (χ0v) is 17.0. The molecule has 0 saturated carbocycles. The van der Waals surface area contributed by atoms with Gasteiger partial charge in [-0.15, -0.1) is 0 Å². The zero-order valence-electron chi connectivity index (χ0n) is 17.0. The van der Waals surface area contributed by atoms with E-state index in [2.05, 4.69) is 31.4 Å². The Kier molecular flexibility index (Phi) is 6.02. The minimum Gasteiger partial charge on any atom is -0.481 e. The Hall–Kier alpha value is -3.29. The van der Waals surface area contributed by atoms with Gasteiger partial charge in [0.15, 0.2) is 0 Å². The van der Waals surface area contributed by atoms with E-state index >= 15 is 0 Å². The Morgan fingerprint density at radius 2 is 2.13 bits per heavy atom. The molecule has 2 N–H and O–H groups in total. The van der Waals surface area contributed by atoms with Gasteiger partial charge in [0.25, 0.3) is 0 Å². The van der Waals surface area contributed by atoms with E-state index in [-0.39, 0.29) is 6.42 Å². The van der Waals surface area contributed by atoms with Crippen LogP contribution in [0.25, 0.3) is 0 Å². The van der Waals surface area contributed by atoms with Crippen molar-refractivity contribution in [3.8, 4) is 0 Å². The van der Waals surface area contributed by atoms with Crippen LogP contribution in [0.3, 0.4) is 0 Å². The molecule has 156 valence electrons. The van der Waals surface area contributed by atoms with E-state index < -0.39 is 12.0 Å². The van der Waals surface area contributed by atoms with Gasteiger partial charge in [0, 0.05) is 36.4 Å². The molecule has 0 aliphatic carbocycles. The minimum absolute atomic E-state index is 0.0635. The van der Waals surface area contributed by atoms with E-state index in [0.29, 0.717) is 11.9 Å². The molecule has 3 aromatic rings. The van der Waals surface area contributed by atoms with Crippen LogP contribution < -0.4 is 5.32 Å². The number of hydrogen-bond acceptors (Lipinski definition) is 6. The number of fused-ring (bicyclic) bond motifs is 1. The second-order valence-corrected chi connectivity index (χ2v) is 7.75. The summed E-state index contributed by atoms with van der Waals surface area (Å²) in [5, 5.41) is 17.5. The highest BCUT2D eigenvalue weighted by atomic mass is 16.4. The smallest absolute Gasteiger partial charge is 0.305 e. The summed E-state index contributed by atoms with van der Waals surface area (Å²) in [7, 11) is 0. The van der Waals surface area contributed by atoms with Gasteiger partial charge < -0.3 is 10.4 Å². The maximum Gasteiger partial charge on any atom is 0.305 e. The molecular weight excluding hydrogens is 380 g/mol. The van der Waals surface area contributed by atoms with E-state index in [1.54, 1.807) is 24.0 Å². The third-order valence-corrected chi connectivity index (χ3v) is 5.52. The molecule has 8 heteroatoms. The van der Waals surface area contributed by atoms with Gasteiger partial charge in [0.2, 0.25) is 0 Å². The number of carboxylic acids is 1. The number of aryl methyl sites for hydroxylation is 3. The Labute approximate surface area is 175 Å². The average molecular weight is 406 g/mol. The van der Waals surface area contributed by atoms with Gasteiger partial charge in [0.05, 0.1) is 18.2 Å². The topological polar surface area (TPSA) is 106 Å². The van der Waals surface area contributed by atoms with Crippen LogP contribution >= 0.6 is 0 Å². The van der Waals surface area contributed by atoms with Gasteiger partial charge in [-0.25, -0.2) is 15.0 Å². The fraction of sp³-hybridized carbons (Fsp3) is 0.409. The predicted octanol–water partition coefficient (Wildman–Crippen LogP) is 3.19. The summed E-state index contributed by atoms with van der Waals surface area (Å²) < 4.78 is 1.72. The van der Waals surface area contributed by atoms with Gasteiger partial charge in [-0.3, -0.25) is 9.48 Å². The van der Waals surface area contributed by atoms with Crippen molar-refractivity contribution in [1.82, 2.24) is 24.7 Å². The molecule has 0 aromatic carbocycles. The Balaban J connectivity index is 1.36. The number of aromatic nitrogens is 5. The van der Waals surface area contributed by atoms with E-state index in [4.69, 9.17) is 0 Å². The molecule has 0 fully saturated rings. The highest BCUT2D eigenvalue weighted by molar-refractivity contribution is 5.68. The summed E-state index contributed by atoms with van der Waals surface area (Å²) in [5.74, 6) is 0.785. The number of carboxylic acid groups (broad SMARTS) is 1. The van der Waals surface area contributed by atoms with E-state index in [0.717, 1.165) is 49.2 Å². The summed E-state index contributed by atoms with van der Waals surface area (Å²) in [6.45, 7) is 1.80. The van der Waals surface area contributed by atoms with Crippen LogP contribution in [-0.4, -0.2) is 41.9 Å². The molecule has 0 saturated heterocycles. The number of nitrogens with one attached hydrogen (secondary N) is 1. The fourth-order valence-corrected chi connectivity index (χ4v) is 3.90. The quantitative estimate of drug-likeness (QED) is 0.592. The number of aliphatic carboxylic acids is 1. The molecule has 3 aromatic heterocycles. The van der Waals surface area contributed by atoms with Gasteiger partial charge >= 0.3 is 5.97 Å². The van der Waals surface area contributed by atoms with E-state index in [1.807, 2.05) is 24.5 Å². The van der Waals surface area contributed by atoms with Crippen LogP contribution in [0.2, 0.25) is 0 Å². The summed E-state index contributed by atoms with van der Waals surface area (Å²) >= 11 is 0. The van der Waals surface area contributed by atoms with Crippen molar-refractivity contribution in [1.29, 1.82) is 0 Å². The van der Waals surface area contributed by atoms with E-state index in [9.17, 15) is 9.90 Å². The standard InChI is InChI=1S/C22H26N6O2/c1-15-24-13-17(14-25-15)20(12-21(29)30)28-11-9-19(27-28)6-2-5-18-8-7-16-4-3-10-23-22(16)26-18/h3-4,9-11,13-14,18,20H,2,5-8,12H2,1H3,(H,23,26)(H,29,30)/t18-,20-/m0/s1. The maximum atomic E-state index is 11.4. The molecule has 4 rings (SSSR count). The van der Waals surface area contributed by atoms with Crippen LogP contribution in [0.5, 0.6) is 0 Å². The lowest BCUT2D eigenvalue weighted by molar-refractivity contribution is -0.137. The third kappa shape index (κ3) is 4.82. The number of carbonyl (C=O) groups is 1. The lowest BCUT2D eigenvalue weighted by Gasteiger charge is -2.25. The Morgan fingerprint density at radius 1 is 1.30 bits per heavy atom. The summed E-state index contributed by atoms with van der Waals surface area (Å²) in [4.78, 5) is 24.2. The second-order valence-electron chi connectivity index (χ2n) is 7.75.